The van der Waals surface area contributed by atoms with Crippen LogP contribution in [0.5, 0.6) is 0 Å². The Hall–Kier alpha value is -2.91. The zero-order chi connectivity index (χ0) is 21.9. The molecule has 2 bridgehead atoms. The third-order valence-electron chi connectivity index (χ3n) is 7.50. The van der Waals surface area contributed by atoms with Crippen LogP contribution in [0, 0.1) is 0 Å². The van der Waals surface area contributed by atoms with E-state index in [0.29, 0.717) is 18.1 Å². The lowest BCUT2D eigenvalue weighted by Crippen LogP contribution is -2.51. The van der Waals surface area contributed by atoms with E-state index in [4.69, 9.17) is 0 Å². The van der Waals surface area contributed by atoms with Crippen molar-refractivity contribution in [3.05, 3.63) is 96.1 Å². The van der Waals surface area contributed by atoms with E-state index in [9.17, 15) is 4.79 Å². The Labute approximate surface area is 191 Å². The highest BCUT2D eigenvalue weighted by Gasteiger charge is 2.41. The predicted molar refractivity (Wildman–Crippen MR) is 131 cm³/mol. The van der Waals surface area contributed by atoms with Crippen LogP contribution in [0.15, 0.2) is 84.9 Å². The molecule has 0 aromatic heterocycles. The van der Waals surface area contributed by atoms with Gasteiger partial charge in [-0.1, -0.05) is 72.8 Å². The van der Waals surface area contributed by atoms with Gasteiger partial charge < -0.3 is 9.80 Å². The average molecular weight is 425 g/mol. The summed E-state index contributed by atoms with van der Waals surface area (Å²) in [7, 11) is 2.26. The molecule has 3 aromatic carbocycles. The summed E-state index contributed by atoms with van der Waals surface area (Å²) in [5, 5.41) is 0. The molecule has 0 saturated carbocycles. The first kappa shape index (κ1) is 21.0. The second-order valence-electron chi connectivity index (χ2n) is 9.35. The highest BCUT2D eigenvalue weighted by Crippen LogP contribution is 2.37. The van der Waals surface area contributed by atoms with Crippen LogP contribution in [0.3, 0.4) is 0 Å². The third-order valence-corrected chi connectivity index (χ3v) is 7.50. The Morgan fingerprint density at radius 2 is 1.38 bits per heavy atom. The number of hydrogen-bond acceptors (Lipinski definition) is 2. The van der Waals surface area contributed by atoms with Crippen LogP contribution in [0.2, 0.25) is 0 Å². The first-order valence-electron chi connectivity index (χ1n) is 11.9. The van der Waals surface area contributed by atoms with Crippen LogP contribution in [0.25, 0.3) is 11.1 Å². The van der Waals surface area contributed by atoms with Crippen molar-refractivity contribution in [3.63, 3.8) is 0 Å². The minimum atomic E-state index is 0.175. The van der Waals surface area contributed by atoms with Crippen LogP contribution in [0.4, 0.5) is 0 Å². The van der Waals surface area contributed by atoms with Crippen LogP contribution >= 0.6 is 0 Å². The van der Waals surface area contributed by atoms with Crippen molar-refractivity contribution in [2.45, 2.75) is 50.2 Å². The van der Waals surface area contributed by atoms with Gasteiger partial charge in [-0.05, 0) is 68.0 Å². The van der Waals surface area contributed by atoms with Gasteiger partial charge in [0.15, 0.2) is 0 Å². The Bertz CT molecular complexity index is 1020. The van der Waals surface area contributed by atoms with E-state index in [-0.39, 0.29) is 5.91 Å². The highest BCUT2D eigenvalue weighted by molar-refractivity contribution is 5.95. The minimum absolute atomic E-state index is 0.175. The number of hydrogen-bond donors (Lipinski definition) is 0. The van der Waals surface area contributed by atoms with Crippen molar-refractivity contribution in [1.82, 2.24) is 9.80 Å². The normalized spacial score (nSPS) is 22.6. The molecule has 1 amide bonds. The van der Waals surface area contributed by atoms with Gasteiger partial charge in [-0.15, -0.1) is 0 Å². The average Bonchev–Trinajstić information content (AvgIpc) is 3.05. The zero-order valence-electron chi connectivity index (χ0n) is 18.9. The molecule has 164 valence electrons. The molecule has 3 atom stereocenters. The fourth-order valence-electron chi connectivity index (χ4n) is 5.58. The van der Waals surface area contributed by atoms with Crippen molar-refractivity contribution in [2.24, 2.45) is 0 Å². The smallest absolute Gasteiger partial charge is 0.254 e. The van der Waals surface area contributed by atoms with Gasteiger partial charge in [0.05, 0.1) is 0 Å². The van der Waals surface area contributed by atoms with Crippen LogP contribution < -0.4 is 0 Å². The first-order chi connectivity index (χ1) is 15.7. The molecule has 3 heteroatoms. The van der Waals surface area contributed by atoms with Crippen LogP contribution in [0.1, 0.15) is 41.6 Å². The molecule has 5 rings (SSSR count). The molecular weight excluding hydrogens is 392 g/mol. The lowest BCUT2D eigenvalue weighted by molar-refractivity contribution is 0.0488. The largest absolute Gasteiger partial charge is 0.335 e. The second kappa shape index (κ2) is 9.30. The molecule has 0 N–H and O–H groups in total. The third kappa shape index (κ3) is 4.35. The van der Waals surface area contributed by atoms with Gasteiger partial charge in [0.1, 0.15) is 0 Å². The van der Waals surface area contributed by atoms with Crippen LogP contribution in [-0.4, -0.2) is 47.4 Å². The van der Waals surface area contributed by atoms with Gasteiger partial charge in [0.2, 0.25) is 0 Å². The predicted octanol–water partition coefficient (Wildman–Crippen LogP) is 5.66. The quantitative estimate of drug-likeness (QED) is 0.509. The van der Waals surface area contributed by atoms with E-state index in [2.05, 4.69) is 71.4 Å². The first-order valence-corrected chi connectivity index (χ1v) is 11.9. The van der Waals surface area contributed by atoms with Crippen molar-refractivity contribution in [3.8, 4) is 11.1 Å². The standard InChI is InChI=1S/C29H32N2O/c1-30-26-16-17-27(30)21-28(20-26)31(19-18-22-8-4-2-5-9-22)29(32)25-14-12-24(13-15-25)23-10-6-3-7-11-23/h2-15,26-28H,16-21H2,1H3/t26-,27+,28?. The van der Waals surface area contributed by atoms with Gasteiger partial charge in [-0.25, -0.2) is 0 Å². The van der Waals surface area contributed by atoms with Crippen molar-refractivity contribution >= 4 is 5.91 Å². The molecule has 2 aliphatic rings. The lowest BCUT2D eigenvalue weighted by Gasteiger charge is -2.42. The summed E-state index contributed by atoms with van der Waals surface area (Å²) in [6.45, 7) is 0.775. The highest BCUT2D eigenvalue weighted by atomic mass is 16.2. The number of piperidine rings is 1. The minimum Gasteiger partial charge on any atom is -0.335 e. The molecule has 2 fully saturated rings. The molecule has 3 aromatic rings. The SMILES string of the molecule is CN1[C@@H]2CC[C@H]1CC(N(CCc1ccccc1)C(=O)c1ccc(-c3ccccc3)cc1)C2. The van der Waals surface area contributed by atoms with Gasteiger partial charge in [-0.2, -0.15) is 0 Å². The summed E-state index contributed by atoms with van der Waals surface area (Å²) < 4.78 is 0. The number of fused-ring (bicyclic) bond motifs is 2. The molecule has 2 aliphatic heterocycles. The van der Waals surface area contributed by atoms with E-state index in [1.807, 2.05) is 30.3 Å². The summed E-state index contributed by atoms with van der Waals surface area (Å²) in [6, 6.07) is 30.6. The zero-order valence-corrected chi connectivity index (χ0v) is 18.9. The number of amides is 1. The summed E-state index contributed by atoms with van der Waals surface area (Å²) in [5.41, 5.74) is 4.42. The summed E-state index contributed by atoms with van der Waals surface area (Å²) >= 11 is 0. The van der Waals surface area contributed by atoms with E-state index >= 15 is 0 Å². The second-order valence-corrected chi connectivity index (χ2v) is 9.35. The molecule has 32 heavy (non-hydrogen) atoms. The topological polar surface area (TPSA) is 23.6 Å². The number of carbonyl (C=O) groups is 1. The van der Waals surface area contributed by atoms with Crippen molar-refractivity contribution in [1.29, 1.82) is 0 Å². The van der Waals surface area contributed by atoms with Gasteiger partial charge in [0.25, 0.3) is 5.91 Å². The summed E-state index contributed by atoms with van der Waals surface area (Å²) in [6.07, 6.45) is 5.62. The number of benzene rings is 3. The van der Waals surface area contributed by atoms with Crippen molar-refractivity contribution in [2.75, 3.05) is 13.6 Å². The molecule has 0 aliphatic carbocycles. The maximum atomic E-state index is 13.7. The van der Waals surface area contributed by atoms with Crippen molar-refractivity contribution < 1.29 is 4.79 Å². The summed E-state index contributed by atoms with van der Waals surface area (Å²) in [4.78, 5) is 18.5. The van der Waals surface area contributed by atoms with Crippen LogP contribution in [-0.2, 0) is 6.42 Å². The maximum Gasteiger partial charge on any atom is 0.254 e. The van der Waals surface area contributed by atoms with Gasteiger partial charge in [0, 0.05) is 30.2 Å². The lowest BCUT2D eigenvalue weighted by atomic mass is 9.95. The fourth-order valence-corrected chi connectivity index (χ4v) is 5.58. The van der Waals surface area contributed by atoms with E-state index < -0.39 is 0 Å². The van der Waals surface area contributed by atoms with Gasteiger partial charge in [-0.3, -0.25) is 4.79 Å². The maximum absolute atomic E-state index is 13.7. The Morgan fingerprint density at radius 1 is 0.812 bits per heavy atom. The number of rotatable bonds is 6. The summed E-state index contributed by atoms with van der Waals surface area (Å²) in [5.74, 6) is 0.175. The molecule has 2 saturated heterocycles. The van der Waals surface area contributed by atoms with Gasteiger partial charge >= 0.3 is 0 Å². The fraction of sp³-hybridized carbons (Fsp3) is 0.345. The molecule has 2 heterocycles. The molecular formula is C29H32N2O. The molecule has 0 spiro atoms. The molecule has 0 radical (unpaired) electrons. The molecule has 1 unspecified atom stereocenters. The Kier molecular flexibility index (Phi) is 6.09. The number of carbonyl (C=O) groups excluding carboxylic acids is 1. The van der Waals surface area contributed by atoms with E-state index in [1.165, 1.54) is 24.0 Å². The van der Waals surface area contributed by atoms with E-state index in [1.54, 1.807) is 0 Å². The molecule has 3 nitrogen and oxygen atoms in total. The Balaban J connectivity index is 1.37. The van der Waals surface area contributed by atoms with E-state index in [0.717, 1.165) is 36.9 Å². The Morgan fingerprint density at radius 3 is 2.00 bits per heavy atom. The monoisotopic (exact) mass is 424 g/mol. The number of nitrogens with zero attached hydrogens (tertiary/aromatic N) is 2.